The Morgan fingerprint density at radius 2 is 1.67 bits per heavy atom. The maximum Gasteiger partial charge on any atom is 0.303 e. The molecule has 39 heavy (non-hydrogen) atoms. The van der Waals surface area contributed by atoms with E-state index in [1.165, 1.54) is 0 Å². The van der Waals surface area contributed by atoms with Crippen molar-refractivity contribution in [2.24, 2.45) is 22.9 Å². The fourth-order valence-corrected chi connectivity index (χ4v) is 4.55. The zero-order valence-electron chi connectivity index (χ0n) is 21.5. The van der Waals surface area contributed by atoms with Crippen LogP contribution in [-0.4, -0.2) is 142 Å². The SMILES string of the molecule is NCC1OC(OC2C(N)CC(N)C(OCOC(CO)C(O)C(CO)NC(=O)CCC(=O)O)C2O)C(N)CC1O. The minimum atomic E-state index is -1.59. The second kappa shape index (κ2) is 16.0. The Kier molecular flexibility index (Phi) is 13.8. The van der Waals surface area contributed by atoms with Gasteiger partial charge in [-0.25, -0.2) is 0 Å². The van der Waals surface area contributed by atoms with Gasteiger partial charge < -0.3 is 77.8 Å². The first-order valence-corrected chi connectivity index (χ1v) is 12.7. The lowest BCUT2D eigenvalue weighted by atomic mass is 9.84. The lowest BCUT2D eigenvalue weighted by Gasteiger charge is -2.45. The minimum absolute atomic E-state index is 0.0298. The van der Waals surface area contributed by atoms with Crippen LogP contribution in [0.4, 0.5) is 0 Å². The first-order valence-electron chi connectivity index (χ1n) is 12.7. The minimum Gasteiger partial charge on any atom is -0.481 e. The Morgan fingerprint density at radius 3 is 2.26 bits per heavy atom. The molecule has 1 saturated heterocycles. The van der Waals surface area contributed by atoms with Crippen molar-refractivity contribution in [1.29, 1.82) is 0 Å². The molecule has 1 aliphatic heterocycles. The highest BCUT2D eigenvalue weighted by Gasteiger charge is 2.46. The smallest absolute Gasteiger partial charge is 0.303 e. The van der Waals surface area contributed by atoms with Crippen LogP contribution in [0.2, 0.25) is 0 Å². The number of carboxylic acids is 1. The predicted molar refractivity (Wildman–Crippen MR) is 131 cm³/mol. The summed E-state index contributed by atoms with van der Waals surface area (Å²) in [6.07, 6.45) is -9.41. The van der Waals surface area contributed by atoms with Crippen LogP contribution in [0.5, 0.6) is 0 Å². The molecule has 0 aromatic heterocycles. The molecule has 12 unspecified atom stereocenters. The van der Waals surface area contributed by atoms with Crippen molar-refractivity contribution in [3.05, 3.63) is 0 Å². The Balaban J connectivity index is 1.94. The molecule has 15 N–H and O–H groups in total. The number of carbonyl (C=O) groups is 2. The highest BCUT2D eigenvalue weighted by Crippen LogP contribution is 2.28. The average Bonchev–Trinajstić information content (AvgIpc) is 2.88. The Bertz CT molecular complexity index is 769. The van der Waals surface area contributed by atoms with Crippen LogP contribution in [0.15, 0.2) is 0 Å². The lowest BCUT2D eigenvalue weighted by Crippen LogP contribution is -2.65. The molecule has 2 rings (SSSR count). The molecular weight excluding hydrogens is 526 g/mol. The number of amides is 1. The summed E-state index contributed by atoms with van der Waals surface area (Å²) in [6.45, 7) is -1.99. The molecule has 1 saturated carbocycles. The van der Waals surface area contributed by atoms with E-state index in [2.05, 4.69) is 5.32 Å². The number of rotatable bonds is 15. The van der Waals surface area contributed by atoms with Gasteiger partial charge in [0.2, 0.25) is 5.91 Å². The highest BCUT2D eigenvalue weighted by atomic mass is 16.7. The fraction of sp³-hybridized carbons (Fsp3) is 0.909. The molecule has 17 nitrogen and oxygen atoms in total. The quantitative estimate of drug-likeness (QED) is 0.0817. The summed E-state index contributed by atoms with van der Waals surface area (Å²) in [5.74, 6) is -1.92. The van der Waals surface area contributed by atoms with E-state index in [-0.39, 0.29) is 25.8 Å². The second-order valence-electron chi connectivity index (χ2n) is 9.78. The number of hydrogen-bond donors (Lipinski definition) is 11. The van der Waals surface area contributed by atoms with Crippen LogP contribution < -0.4 is 28.3 Å². The number of aliphatic carboxylic acids is 1. The Morgan fingerprint density at radius 1 is 1.00 bits per heavy atom. The van der Waals surface area contributed by atoms with Gasteiger partial charge in [0, 0.05) is 25.0 Å². The number of hydrogen-bond acceptors (Lipinski definition) is 15. The molecule has 0 aromatic rings. The van der Waals surface area contributed by atoms with Gasteiger partial charge in [-0.2, -0.15) is 0 Å². The third kappa shape index (κ3) is 9.49. The van der Waals surface area contributed by atoms with Gasteiger partial charge in [-0.1, -0.05) is 0 Å². The molecule has 0 aromatic carbocycles. The fourth-order valence-electron chi connectivity index (χ4n) is 4.55. The molecule has 2 aliphatic rings. The van der Waals surface area contributed by atoms with Crippen molar-refractivity contribution in [2.45, 2.75) is 98.9 Å². The van der Waals surface area contributed by atoms with E-state index in [1.54, 1.807) is 0 Å². The van der Waals surface area contributed by atoms with Gasteiger partial charge in [-0.05, 0) is 12.8 Å². The third-order valence-electron chi connectivity index (χ3n) is 6.81. The molecule has 0 bridgehead atoms. The zero-order valence-corrected chi connectivity index (χ0v) is 21.5. The van der Waals surface area contributed by atoms with Crippen LogP contribution in [0, 0.1) is 0 Å². The van der Waals surface area contributed by atoms with E-state index in [0.29, 0.717) is 0 Å². The molecule has 0 spiro atoms. The average molecular weight is 570 g/mol. The summed E-state index contributed by atoms with van der Waals surface area (Å²) in [5, 5.41) is 61.6. The number of ether oxygens (including phenoxy) is 4. The summed E-state index contributed by atoms with van der Waals surface area (Å²) >= 11 is 0. The third-order valence-corrected chi connectivity index (χ3v) is 6.81. The van der Waals surface area contributed by atoms with Crippen LogP contribution >= 0.6 is 0 Å². The summed E-state index contributed by atoms with van der Waals surface area (Å²) in [7, 11) is 0. The zero-order chi connectivity index (χ0) is 29.3. The number of aliphatic hydroxyl groups is 5. The normalized spacial score (nSPS) is 35.7. The molecule has 17 heteroatoms. The maximum absolute atomic E-state index is 11.9. The van der Waals surface area contributed by atoms with E-state index < -0.39 is 111 Å². The van der Waals surface area contributed by atoms with Crippen molar-refractivity contribution in [2.75, 3.05) is 26.6 Å². The van der Waals surface area contributed by atoms with E-state index >= 15 is 0 Å². The maximum atomic E-state index is 11.9. The Hall–Kier alpha value is -1.58. The van der Waals surface area contributed by atoms with Crippen LogP contribution in [-0.2, 0) is 28.5 Å². The van der Waals surface area contributed by atoms with Gasteiger partial charge in [-0.3, -0.25) is 9.59 Å². The molecule has 1 aliphatic carbocycles. The monoisotopic (exact) mass is 569 g/mol. The first kappa shape index (κ1) is 33.6. The van der Waals surface area contributed by atoms with Crippen LogP contribution in [0.25, 0.3) is 0 Å². The second-order valence-corrected chi connectivity index (χ2v) is 9.78. The van der Waals surface area contributed by atoms with Gasteiger partial charge >= 0.3 is 5.97 Å². The number of carbonyl (C=O) groups excluding carboxylic acids is 1. The van der Waals surface area contributed by atoms with Crippen LogP contribution in [0.1, 0.15) is 25.7 Å². The van der Waals surface area contributed by atoms with E-state index in [1.807, 2.05) is 0 Å². The summed E-state index contributed by atoms with van der Waals surface area (Å²) < 4.78 is 22.5. The molecule has 12 atom stereocenters. The molecular formula is C22H43N5O12. The Labute approximate surface area is 225 Å². The van der Waals surface area contributed by atoms with Crippen molar-refractivity contribution in [1.82, 2.24) is 5.32 Å². The number of nitrogens with one attached hydrogen (secondary N) is 1. The van der Waals surface area contributed by atoms with Crippen molar-refractivity contribution in [3.8, 4) is 0 Å². The number of aliphatic hydroxyl groups excluding tert-OH is 5. The highest BCUT2D eigenvalue weighted by molar-refractivity contribution is 5.80. The van der Waals surface area contributed by atoms with E-state index in [0.717, 1.165) is 0 Å². The van der Waals surface area contributed by atoms with Gasteiger partial charge in [-0.15, -0.1) is 0 Å². The van der Waals surface area contributed by atoms with E-state index in [9.17, 15) is 35.1 Å². The number of nitrogens with two attached hydrogens (primary N) is 4. The summed E-state index contributed by atoms with van der Waals surface area (Å²) in [5.41, 5.74) is 24.0. The van der Waals surface area contributed by atoms with Crippen LogP contribution in [0.3, 0.4) is 0 Å². The molecule has 1 amide bonds. The van der Waals surface area contributed by atoms with Crippen molar-refractivity contribution >= 4 is 11.9 Å². The number of carboxylic acid groups (broad SMARTS) is 1. The first-order chi connectivity index (χ1) is 18.4. The molecule has 2 fully saturated rings. The predicted octanol–water partition coefficient (Wildman–Crippen LogP) is -6.02. The van der Waals surface area contributed by atoms with Crippen molar-refractivity contribution in [3.63, 3.8) is 0 Å². The van der Waals surface area contributed by atoms with Crippen molar-refractivity contribution < 1.29 is 59.2 Å². The topological polar surface area (TPSA) is 309 Å². The van der Waals surface area contributed by atoms with E-state index in [4.69, 9.17) is 47.0 Å². The standard InChI is InChI=1S/C22H43N5O12/c23-5-14-13(30)4-11(26)22(38-14)39-21-10(25)3-9(24)20(19(21)35)37-8-36-15(7-29)18(34)12(6-28)27-16(31)1-2-17(32)33/h9-15,18-22,28-30,34-35H,1-8,23-26H2,(H,27,31)(H,32,33). The van der Waals surface area contributed by atoms with Gasteiger partial charge in [0.1, 0.15) is 37.3 Å². The lowest BCUT2D eigenvalue weighted by molar-refractivity contribution is -0.275. The molecule has 228 valence electrons. The summed E-state index contributed by atoms with van der Waals surface area (Å²) in [6, 6.07) is -3.43. The van der Waals surface area contributed by atoms with Gasteiger partial charge in [0.05, 0.1) is 43.9 Å². The van der Waals surface area contributed by atoms with Gasteiger partial charge in [0.15, 0.2) is 6.29 Å². The largest absolute Gasteiger partial charge is 0.481 e. The molecule has 0 radical (unpaired) electrons. The van der Waals surface area contributed by atoms with Gasteiger partial charge in [0.25, 0.3) is 0 Å². The summed E-state index contributed by atoms with van der Waals surface area (Å²) in [4.78, 5) is 22.5. The molecule has 1 heterocycles.